The van der Waals surface area contributed by atoms with Crippen molar-refractivity contribution in [2.75, 3.05) is 16.8 Å². The Bertz CT molecular complexity index is 988. The van der Waals surface area contributed by atoms with E-state index in [2.05, 4.69) is 21.4 Å². The van der Waals surface area contributed by atoms with Crippen LogP contribution in [0.3, 0.4) is 0 Å². The Balaban J connectivity index is 1.54. The minimum atomic E-state index is -0.0972. The van der Waals surface area contributed by atoms with Gasteiger partial charge < -0.3 is 10.2 Å². The number of halogens is 1. The number of para-hydroxylation sites is 1. The van der Waals surface area contributed by atoms with Crippen molar-refractivity contribution in [3.8, 4) is 0 Å². The minimum Gasteiger partial charge on any atom is -0.350 e. The zero-order chi connectivity index (χ0) is 18.8. The number of aromatic nitrogens is 2. The maximum Gasteiger partial charge on any atom is 0.277 e. The van der Waals surface area contributed by atoms with E-state index in [9.17, 15) is 4.79 Å². The van der Waals surface area contributed by atoms with Crippen LogP contribution in [0.2, 0.25) is 5.02 Å². The fourth-order valence-corrected chi connectivity index (χ4v) is 3.35. The van der Waals surface area contributed by atoms with Gasteiger partial charge in [0.25, 0.3) is 5.91 Å². The highest BCUT2D eigenvalue weighted by atomic mass is 35.5. The van der Waals surface area contributed by atoms with Crippen molar-refractivity contribution in [1.82, 2.24) is 9.97 Å². The third-order valence-corrected chi connectivity index (χ3v) is 4.82. The molecule has 0 saturated heterocycles. The summed E-state index contributed by atoms with van der Waals surface area (Å²) in [6.45, 7) is 3.10. The monoisotopic (exact) mass is 378 g/mol. The Kier molecular flexibility index (Phi) is 4.77. The molecule has 1 amide bonds. The van der Waals surface area contributed by atoms with Crippen molar-refractivity contribution in [3.63, 3.8) is 0 Å². The van der Waals surface area contributed by atoms with Crippen LogP contribution in [0, 0.1) is 6.92 Å². The molecule has 2 heterocycles. The van der Waals surface area contributed by atoms with Gasteiger partial charge in [0.2, 0.25) is 5.95 Å². The molecule has 1 aliphatic heterocycles. The van der Waals surface area contributed by atoms with E-state index in [1.54, 1.807) is 11.0 Å². The lowest BCUT2D eigenvalue weighted by Gasteiger charge is -2.17. The summed E-state index contributed by atoms with van der Waals surface area (Å²) in [5.74, 6) is 0.348. The van der Waals surface area contributed by atoms with Gasteiger partial charge in [0, 0.05) is 29.5 Å². The molecule has 2 aromatic carbocycles. The lowest BCUT2D eigenvalue weighted by atomic mass is 10.2. The second-order valence-corrected chi connectivity index (χ2v) is 6.97. The van der Waals surface area contributed by atoms with E-state index in [0.717, 1.165) is 23.4 Å². The maximum atomic E-state index is 13.0. The molecule has 0 unspecified atom stereocenters. The van der Waals surface area contributed by atoms with Crippen LogP contribution in [0.1, 0.15) is 27.3 Å². The van der Waals surface area contributed by atoms with Crippen LogP contribution in [-0.2, 0) is 13.0 Å². The molecule has 27 heavy (non-hydrogen) atoms. The number of nitrogens with zero attached hydrogens (tertiary/aromatic N) is 3. The van der Waals surface area contributed by atoms with Crippen LogP contribution >= 0.6 is 11.6 Å². The van der Waals surface area contributed by atoms with Crippen LogP contribution in [-0.4, -0.2) is 22.4 Å². The number of carbonyl (C=O) groups is 1. The van der Waals surface area contributed by atoms with E-state index < -0.39 is 0 Å². The zero-order valence-electron chi connectivity index (χ0n) is 14.9. The molecular weight excluding hydrogens is 360 g/mol. The van der Waals surface area contributed by atoms with Crippen molar-refractivity contribution in [2.45, 2.75) is 19.9 Å². The first-order valence-corrected chi connectivity index (χ1v) is 9.22. The minimum absolute atomic E-state index is 0.0972. The Morgan fingerprint density at radius 3 is 2.74 bits per heavy atom. The molecule has 4 rings (SSSR count). The molecule has 0 saturated carbocycles. The molecule has 136 valence electrons. The molecule has 0 radical (unpaired) electrons. The summed E-state index contributed by atoms with van der Waals surface area (Å²) in [7, 11) is 0. The zero-order valence-corrected chi connectivity index (χ0v) is 15.7. The molecule has 6 heteroatoms. The first-order valence-electron chi connectivity index (χ1n) is 8.84. The van der Waals surface area contributed by atoms with Crippen LogP contribution in [0.4, 0.5) is 11.6 Å². The molecule has 1 aliphatic rings. The van der Waals surface area contributed by atoms with Gasteiger partial charge >= 0.3 is 0 Å². The first kappa shape index (κ1) is 17.5. The third kappa shape index (κ3) is 3.78. The molecule has 1 aromatic heterocycles. The summed E-state index contributed by atoms with van der Waals surface area (Å²) in [6.07, 6.45) is 0.869. The topological polar surface area (TPSA) is 58.1 Å². The molecule has 5 nitrogen and oxygen atoms in total. The SMILES string of the molecule is Cc1cc(C(=O)N2CCc3ccccc32)nc(NCc2ccc(Cl)cc2)n1. The molecular formula is C21H19ClN4O. The predicted molar refractivity (Wildman–Crippen MR) is 107 cm³/mol. The number of carbonyl (C=O) groups excluding carboxylic acids is 1. The van der Waals surface area contributed by atoms with E-state index in [-0.39, 0.29) is 5.91 Å². The van der Waals surface area contributed by atoms with Crippen LogP contribution in [0.25, 0.3) is 0 Å². The van der Waals surface area contributed by atoms with Gasteiger partial charge in [-0.1, -0.05) is 41.9 Å². The third-order valence-electron chi connectivity index (χ3n) is 4.57. The fourth-order valence-electron chi connectivity index (χ4n) is 3.23. The van der Waals surface area contributed by atoms with E-state index >= 15 is 0 Å². The average Bonchev–Trinajstić information content (AvgIpc) is 3.11. The van der Waals surface area contributed by atoms with E-state index in [4.69, 9.17) is 11.6 Å². The number of hydrogen-bond acceptors (Lipinski definition) is 4. The lowest BCUT2D eigenvalue weighted by Crippen LogP contribution is -2.30. The second kappa shape index (κ2) is 7.37. The molecule has 3 aromatic rings. The highest BCUT2D eigenvalue weighted by Gasteiger charge is 2.26. The van der Waals surface area contributed by atoms with Gasteiger partial charge in [-0.2, -0.15) is 0 Å². The Labute approximate surface area is 163 Å². The first-order chi connectivity index (χ1) is 13.1. The normalized spacial score (nSPS) is 12.7. The second-order valence-electron chi connectivity index (χ2n) is 6.53. The number of fused-ring (bicyclic) bond motifs is 1. The number of amides is 1. The summed E-state index contributed by atoms with van der Waals surface area (Å²) >= 11 is 5.92. The summed E-state index contributed by atoms with van der Waals surface area (Å²) in [6, 6.07) is 17.3. The van der Waals surface area contributed by atoms with Crippen molar-refractivity contribution in [2.24, 2.45) is 0 Å². The molecule has 0 bridgehead atoms. The quantitative estimate of drug-likeness (QED) is 0.737. The van der Waals surface area contributed by atoms with Gasteiger partial charge in [-0.05, 0) is 48.7 Å². The predicted octanol–water partition coefficient (Wildman–Crippen LogP) is 4.25. The van der Waals surface area contributed by atoms with Crippen molar-refractivity contribution < 1.29 is 4.79 Å². The smallest absolute Gasteiger partial charge is 0.277 e. The summed E-state index contributed by atoms with van der Waals surface area (Å²) < 4.78 is 0. The van der Waals surface area contributed by atoms with Gasteiger partial charge in [-0.3, -0.25) is 4.79 Å². The van der Waals surface area contributed by atoms with E-state index in [1.807, 2.05) is 49.4 Å². The van der Waals surface area contributed by atoms with Gasteiger partial charge in [0.15, 0.2) is 0 Å². The highest BCUT2D eigenvalue weighted by molar-refractivity contribution is 6.30. The lowest BCUT2D eigenvalue weighted by molar-refractivity contribution is 0.0984. The number of anilines is 2. The summed E-state index contributed by atoms with van der Waals surface area (Å²) in [5.41, 5.74) is 4.37. The van der Waals surface area contributed by atoms with Crippen LogP contribution in [0.5, 0.6) is 0 Å². The summed E-state index contributed by atoms with van der Waals surface area (Å²) in [5, 5.41) is 3.89. The van der Waals surface area contributed by atoms with E-state index in [1.165, 1.54) is 5.56 Å². The molecule has 0 aliphatic carbocycles. The average molecular weight is 379 g/mol. The van der Waals surface area contributed by atoms with Gasteiger partial charge in [0.1, 0.15) is 5.69 Å². The van der Waals surface area contributed by atoms with Crippen LogP contribution < -0.4 is 10.2 Å². The Morgan fingerprint density at radius 1 is 1.15 bits per heavy atom. The highest BCUT2D eigenvalue weighted by Crippen LogP contribution is 2.28. The number of aryl methyl sites for hydroxylation is 1. The Morgan fingerprint density at radius 2 is 1.93 bits per heavy atom. The van der Waals surface area contributed by atoms with Gasteiger partial charge in [0.05, 0.1) is 0 Å². The number of benzene rings is 2. The number of rotatable bonds is 4. The van der Waals surface area contributed by atoms with E-state index in [0.29, 0.717) is 29.8 Å². The molecule has 0 fully saturated rings. The summed E-state index contributed by atoms with van der Waals surface area (Å²) in [4.78, 5) is 23.7. The van der Waals surface area contributed by atoms with Crippen molar-refractivity contribution in [3.05, 3.63) is 82.1 Å². The maximum absolute atomic E-state index is 13.0. The molecule has 0 atom stereocenters. The number of nitrogens with one attached hydrogen (secondary N) is 1. The Hall–Kier alpha value is -2.92. The number of hydrogen-bond donors (Lipinski definition) is 1. The van der Waals surface area contributed by atoms with Gasteiger partial charge in [-0.15, -0.1) is 0 Å². The fraction of sp³-hybridized carbons (Fsp3) is 0.190. The van der Waals surface area contributed by atoms with Crippen molar-refractivity contribution >= 4 is 29.1 Å². The molecule has 1 N–H and O–H groups in total. The standard InChI is InChI=1S/C21H19ClN4O/c1-14-12-18(20(27)26-11-10-16-4-2-3-5-19(16)26)25-21(24-14)23-13-15-6-8-17(22)9-7-15/h2-9,12H,10-11,13H2,1H3,(H,23,24,25). The van der Waals surface area contributed by atoms with Crippen molar-refractivity contribution in [1.29, 1.82) is 0 Å². The van der Waals surface area contributed by atoms with Gasteiger partial charge in [-0.25, -0.2) is 9.97 Å². The largest absolute Gasteiger partial charge is 0.350 e. The van der Waals surface area contributed by atoms with Crippen LogP contribution in [0.15, 0.2) is 54.6 Å². The molecule has 0 spiro atoms.